The third-order valence-corrected chi connectivity index (χ3v) is 3.08. The van der Waals surface area contributed by atoms with Crippen molar-refractivity contribution in [1.29, 1.82) is 0 Å². The minimum absolute atomic E-state index is 0.0493. The summed E-state index contributed by atoms with van der Waals surface area (Å²) in [5, 5.41) is 5.96. The summed E-state index contributed by atoms with van der Waals surface area (Å²) in [5.74, 6) is 1.46. The first-order chi connectivity index (χ1) is 9.72. The number of hydrogen-bond acceptors (Lipinski definition) is 5. The van der Waals surface area contributed by atoms with Crippen molar-refractivity contribution < 1.29 is 19.0 Å². The van der Waals surface area contributed by atoms with E-state index in [-0.39, 0.29) is 18.7 Å². The highest BCUT2D eigenvalue weighted by atomic mass is 16.7. The Kier molecular flexibility index (Phi) is 5.20. The lowest BCUT2D eigenvalue weighted by Crippen LogP contribution is -2.42. The van der Waals surface area contributed by atoms with Gasteiger partial charge >= 0.3 is 0 Å². The molecule has 0 aliphatic carbocycles. The Morgan fingerprint density at radius 3 is 3.10 bits per heavy atom. The fourth-order valence-corrected chi connectivity index (χ4v) is 1.91. The van der Waals surface area contributed by atoms with Gasteiger partial charge in [-0.3, -0.25) is 4.79 Å². The second-order valence-corrected chi connectivity index (χ2v) is 4.54. The van der Waals surface area contributed by atoms with Gasteiger partial charge in [-0.1, -0.05) is 12.1 Å². The van der Waals surface area contributed by atoms with E-state index in [9.17, 15) is 4.79 Å². The molecule has 2 rings (SSSR count). The summed E-state index contributed by atoms with van der Waals surface area (Å²) in [6.07, 6.45) is 0. The molecule has 0 radical (unpaired) electrons. The van der Waals surface area contributed by atoms with E-state index in [1.54, 1.807) is 7.11 Å². The van der Waals surface area contributed by atoms with Crippen LogP contribution in [0.25, 0.3) is 0 Å². The fraction of sp³-hybridized carbons (Fsp3) is 0.500. The Morgan fingerprint density at radius 2 is 2.30 bits per heavy atom. The lowest BCUT2D eigenvalue weighted by atomic mass is 10.1. The van der Waals surface area contributed by atoms with Crippen molar-refractivity contribution in [3.05, 3.63) is 23.8 Å². The monoisotopic (exact) mass is 280 g/mol. The fourth-order valence-electron chi connectivity index (χ4n) is 1.91. The summed E-state index contributed by atoms with van der Waals surface area (Å²) < 4.78 is 15.6. The van der Waals surface area contributed by atoms with E-state index in [1.165, 1.54) is 0 Å². The standard InChI is InChI=1S/C14H20N2O4/c1-10(14(17)15-6-7-18-2)16-8-11-4-3-5-12-13(11)20-9-19-12/h3-5,10,16H,6-9H2,1-2H3,(H,15,17). The number of amides is 1. The van der Waals surface area contributed by atoms with Crippen molar-refractivity contribution in [2.45, 2.75) is 19.5 Å². The lowest BCUT2D eigenvalue weighted by Gasteiger charge is -2.14. The third-order valence-electron chi connectivity index (χ3n) is 3.08. The minimum Gasteiger partial charge on any atom is -0.454 e. The van der Waals surface area contributed by atoms with Crippen molar-refractivity contribution in [2.75, 3.05) is 27.1 Å². The van der Waals surface area contributed by atoms with Crippen molar-refractivity contribution in [3.63, 3.8) is 0 Å². The highest BCUT2D eigenvalue weighted by Crippen LogP contribution is 2.35. The van der Waals surface area contributed by atoms with Gasteiger partial charge in [-0.15, -0.1) is 0 Å². The van der Waals surface area contributed by atoms with E-state index < -0.39 is 0 Å². The van der Waals surface area contributed by atoms with Gasteiger partial charge in [-0.25, -0.2) is 0 Å². The Balaban J connectivity index is 1.83. The van der Waals surface area contributed by atoms with Gasteiger partial charge in [-0.05, 0) is 13.0 Å². The second-order valence-electron chi connectivity index (χ2n) is 4.54. The van der Waals surface area contributed by atoms with Crippen molar-refractivity contribution in [3.8, 4) is 11.5 Å². The van der Waals surface area contributed by atoms with E-state index in [4.69, 9.17) is 14.2 Å². The molecule has 0 saturated carbocycles. The SMILES string of the molecule is COCCNC(=O)C(C)NCc1cccc2c1OCO2. The normalized spacial score (nSPS) is 14.1. The van der Waals surface area contributed by atoms with Gasteiger partial charge in [0.2, 0.25) is 12.7 Å². The summed E-state index contributed by atoms with van der Waals surface area (Å²) in [4.78, 5) is 11.8. The third kappa shape index (κ3) is 3.61. The van der Waals surface area contributed by atoms with Gasteiger partial charge in [0.1, 0.15) is 0 Å². The van der Waals surface area contributed by atoms with Gasteiger partial charge in [-0.2, -0.15) is 0 Å². The molecular weight excluding hydrogens is 260 g/mol. The van der Waals surface area contributed by atoms with Gasteiger partial charge in [0.25, 0.3) is 0 Å². The zero-order chi connectivity index (χ0) is 14.4. The average Bonchev–Trinajstić information content (AvgIpc) is 2.93. The second kappa shape index (κ2) is 7.12. The lowest BCUT2D eigenvalue weighted by molar-refractivity contribution is -0.123. The van der Waals surface area contributed by atoms with E-state index in [1.807, 2.05) is 25.1 Å². The van der Waals surface area contributed by atoms with Crippen LogP contribution in [0.3, 0.4) is 0 Å². The molecule has 1 atom stereocenters. The molecule has 1 aliphatic heterocycles. The highest BCUT2D eigenvalue weighted by Gasteiger charge is 2.18. The van der Waals surface area contributed by atoms with Crippen LogP contribution in [-0.4, -0.2) is 39.0 Å². The number of benzene rings is 1. The Bertz CT molecular complexity index is 464. The predicted octanol–water partition coefficient (Wildman–Crippen LogP) is 0.656. The molecule has 1 heterocycles. The Labute approximate surface area is 118 Å². The number of carbonyl (C=O) groups is 1. The van der Waals surface area contributed by atoms with Crippen LogP contribution >= 0.6 is 0 Å². The molecule has 6 heteroatoms. The predicted molar refractivity (Wildman–Crippen MR) is 73.8 cm³/mol. The Hall–Kier alpha value is -1.79. The summed E-state index contributed by atoms with van der Waals surface area (Å²) >= 11 is 0. The zero-order valence-electron chi connectivity index (χ0n) is 11.8. The van der Waals surface area contributed by atoms with Crippen LogP contribution in [0, 0.1) is 0 Å². The maximum absolute atomic E-state index is 11.8. The molecule has 0 bridgehead atoms. The molecule has 2 N–H and O–H groups in total. The molecule has 1 aromatic rings. The number of hydrogen-bond donors (Lipinski definition) is 2. The topological polar surface area (TPSA) is 68.8 Å². The summed E-state index contributed by atoms with van der Waals surface area (Å²) in [5.41, 5.74) is 0.983. The van der Waals surface area contributed by atoms with E-state index in [0.717, 1.165) is 17.1 Å². The number of para-hydroxylation sites is 1. The zero-order valence-corrected chi connectivity index (χ0v) is 11.8. The van der Waals surface area contributed by atoms with Crippen LogP contribution in [0.1, 0.15) is 12.5 Å². The molecule has 110 valence electrons. The molecule has 0 fully saturated rings. The molecule has 1 unspecified atom stereocenters. The van der Waals surface area contributed by atoms with Crippen LogP contribution in [0.2, 0.25) is 0 Å². The molecule has 0 saturated heterocycles. The number of fused-ring (bicyclic) bond motifs is 1. The number of methoxy groups -OCH3 is 1. The van der Waals surface area contributed by atoms with Crippen LogP contribution in [0.5, 0.6) is 11.5 Å². The Morgan fingerprint density at radius 1 is 1.45 bits per heavy atom. The molecule has 1 aromatic carbocycles. The maximum Gasteiger partial charge on any atom is 0.236 e. The van der Waals surface area contributed by atoms with Gasteiger partial charge in [0.05, 0.1) is 12.6 Å². The van der Waals surface area contributed by atoms with E-state index in [0.29, 0.717) is 19.7 Å². The van der Waals surface area contributed by atoms with Gasteiger partial charge < -0.3 is 24.8 Å². The van der Waals surface area contributed by atoms with Crippen LogP contribution in [0.15, 0.2) is 18.2 Å². The molecule has 1 amide bonds. The molecule has 0 spiro atoms. The molecular formula is C14H20N2O4. The summed E-state index contributed by atoms with van der Waals surface area (Å²) in [7, 11) is 1.60. The maximum atomic E-state index is 11.8. The largest absolute Gasteiger partial charge is 0.454 e. The van der Waals surface area contributed by atoms with E-state index >= 15 is 0 Å². The number of ether oxygens (including phenoxy) is 3. The minimum atomic E-state index is -0.287. The first kappa shape index (κ1) is 14.6. The average molecular weight is 280 g/mol. The smallest absolute Gasteiger partial charge is 0.236 e. The van der Waals surface area contributed by atoms with Crippen molar-refractivity contribution >= 4 is 5.91 Å². The molecule has 1 aliphatic rings. The van der Waals surface area contributed by atoms with Crippen LogP contribution in [0.4, 0.5) is 0 Å². The van der Waals surface area contributed by atoms with Crippen molar-refractivity contribution in [2.24, 2.45) is 0 Å². The quantitative estimate of drug-likeness (QED) is 0.718. The summed E-state index contributed by atoms with van der Waals surface area (Å²) in [6, 6.07) is 5.45. The first-order valence-corrected chi connectivity index (χ1v) is 6.60. The van der Waals surface area contributed by atoms with E-state index in [2.05, 4.69) is 10.6 Å². The van der Waals surface area contributed by atoms with Crippen molar-refractivity contribution in [1.82, 2.24) is 10.6 Å². The number of carbonyl (C=O) groups excluding carboxylic acids is 1. The first-order valence-electron chi connectivity index (χ1n) is 6.60. The van der Waals surface area contributed by atoms with Crippen LogP contribution in [-0.2, 0) is 16.1 Å². The summed E-state index contributed by atoms with van der Waals surface area (Å²) in [6.45, 7) is 3.64. The number of nitrogens with one attached hydrogen (secondary N) is 2. The van der Waals surface area contributed by atoms with Gasteiger partial charge in [0.15, 0.2) is 11.5 Å². The highest BCUT2D eigenvalue weighted by molar-refractivity contribution is 5.81. The van der Waals surface area contributed by atoms with Gasteiger partial charge in [0, 0.05) is 25.8 Å². The number of rotatable bonds is 7. The molecule has 20 heavy (non-hydrogen) atoms. The molecule has 6 nitrogen and oxygen atoms in total. The molecule has 0 aromatic heterocycles. The van der Waals surface area contributed by atoms with Crippen LogP contribution < -0.4 is 20.1 Å².